The van der Waals surface area contributed by atoms with E-state index in [2.05, 4.69) is 0 Å². The van der Waals surface area contributed by atoms with Crippen molar-refractivity contribution in [3.05, 3.63) is 0 Å². The lowest BCUT2D eigenvalue weighted by Crippen LogP contribution is -2.72. The Morgan fingerprint density at radius 3 is 2.62 bits per heavy atom. The summed E-state index contributed by atoms with van der Waals surface area (Å²) in [4.78, 5) is 11.4. The van der Waals surface area contributed by atoms with Crippen LogP contribution in [0.1, 0.15) is 47.0 Å². The fourth-order valence-corrected chi connectivity index (χ4v) is 5.13. The van der Waals surface area contributed by atoms with Gasteiger partial charge in [-0.15, -0.1) is 0 Å². The van der Waals surface area contributed by atoms with Gasteiger partial charge in [0.25, 0.3) is 5.92 Å². The lowest BCUT2D eigenvalue weighted by Gasteiger charge is -2.61. The molecule has 1 spiro atoms. The molecule has 1 saturated carbocycles. The molecule has 8 atom stereocenters. The molecule has 0 amide bonds. The average molecular weight is 348 g/mol. The van der Waals surface area contributed by atoms with E-state index in [1.807, 2.05) is 13.8 Å². The molecule has 24 heavy (non-hydrogen) atoms. The van der Waals surface area contributed by atoms with Gasteiger partial charge in [-0.2, -0.15) is 0 Å². The summed E-state index contributed by atoms with van der Waals surface area (Å²) in [5, 5.41) is 0. The summed E-state index contributed by atoms with van der Waals surface area (Å²) in [5.74, 6) is -5.61. The molecule has 7 heteroatoms. The molecule has 5 fully saturated rings. The highest BCUT2D eigenvalue weighted by atomic mass is 19.3. The van der Waals surface area contributed by atoms with Gasteiger partial charge in [0.05, 0.1) is 0 Å². The summed E-state index contributed by atoms with van der Waals surface area (Å²) in [6.07, 6.45) is -0.527. The molecule has 4 heterocycles. The first-order valence-electron chi connectivity index (χ1n) is 8.93. The predicted molar refractivity (Wildman–Crippen MR) is 78.8 cm³/mol. The van der Waals surface area contributed by atoms with Crippen LogP contribution in [-0.4, -0.2) is 36.5 Å². The molecule has 0 radical (unpaired) electrons. The molecule has 0 aromatic carbocycles. The van der Waals surface area contributed by atoms with Gasteiger partial charge in [-0.3, -0.25) is 0 Å². The maximum atomic E-state index is 14.8. The smallest absolute Gasteiger partial charge is 0.251 e. The van der Waals surface area contributed by atoms with E-state index in [9.17, 15) is 8.78 Å². The standard InChI is InChI=1S/C17H26F2O5/c1-5-20-13-9(2)12-8-16(18,19)10(3)11-6-7-15(4)22-14(21-13)17(11,12)24-23-15/h9-14H,5-8H2,1-4H3/t9-,10+,11+,12+,13+,14-,15-,17+/m1/s1. The Hall–Kier alpha value is -0.340. The topological polar surface area (TPSA) is 46.2 Å². The van der Waals surface area contributed by atoms with Crippen LogP contribution in [0.2, 0.25) is 0 Å². The van der Waals surface area contributed by atoms with Crippen LogP contribution >= 0.6 is 0 Å². The second-order valence-corrected chi connectivity index (χ2v) is 7.93. The number of alkyl halides is 2. The Bertz CT molecular complexity index is 517. The van der Waals surface area contributed by atoms with Crippen LogP contribution in [0, 0.1) is 23.7 Å². The number of hydrogen-bond acceptors (Lipinski definition) is 5. The number of ether oxygens (including phenoxy) is 3. The molecule has 2 bridgehead atoms. The molecular formula is C17H26F2O5. The molecule has 0 aromatic heterocycles. The van der Waals surface area contributed by atoms with E-state index >= 15 is 0 Å². The Kier molecular flexibility index (Phi) is 3.80. The zero-order valence-electron chi connectivity index (χ0n) is 14.6. The van der Waals surface area contributed by atoms with Gasteiger partial charge in [-0.25, -0.2) is 18.6 Å². The molecule has 0 aromatic rings. The number of hydrogen-bond donors (Lipinski definition) is 0. The molecule has 4 aliphatic heterocycles. The van der Waals surface area contributed by atoms with Crippen molar-refractivity contribution in [2.24, 2.45) is 23.7 Å². The zero-order chi connectivity index (χ0) is 17.3. The third kappa shape index (κ3) is 2.14. The van der Waals surface area contributed by atoms with Gasteiger partial charge in [0.15, 0.2) is 18.2 Å². The highest BCUT2D eigenvalue weighted by Gasteiger charge is 2.73. The number of rotatable bonds is 2. The Balaban J connectivity index is 1.80. The molecular weight excluding hydrogens is 322 g/mol. The number of fused-ring (bicyclic) bond motifs is 2. The van der Waals surface area contributed by atoms with Gasteiger partial charge in [0.2, 0.25) is 5.79 Å². The van der Waals surface area contributed by atoms with Crippen molar-refractivity contribution in [1.29, 1.82) is 0 Å². The van der Waals surface area contributed by atoms with E-state index < -0.39 is 41.7 Å². The van der Waals surface area contributed by atoms with Crippen LogP contribution < -0.4 is 0 Å². The quantitative estimate of drug-likeness (QED) is 0.715. The van der Waals surface area contributed by atoms with Gasteiger partial charge in [0, 0.05) is 43.1 Å². The van der Waals surface area contributed by atoms with Crippen LogP contribution in [0.4, 0.5) is 8.78 Å². The minimum Gasteiger partial charge on any atom is -0.353 e. The molecule has 138 valence electrons. The van der Waals surface area contributed by atoms with E-state index in [1.54, 1.807) is 13.8 Å². The second kappa shape index (κ2) is 5.33. The average Bonchev–Trinajstić information content (AvgIpc) is 2.74. The fourth-order valence-electron chi connectivity index (χ4n) is 5.13. The first kappa shape index (κ1) is 17.1. The van der Waals surface area contributed by atoms with Gasteiger partial charge >= 0.3 is 0 Å². The molecule has 5 rings (SSSR count). The van der Waals surface area contributed by atoms with Crippen LogP contribution in [0.3, 0.4) is 0 Å². The lowest BCUT2D eigenvalue weighted by molar-refractivity contribution is -0.580. The Labute approximate surface area is 140 Å². The van der Waals surface area contributed by atoms with E-state index in [1.165, 1.54) is 0 Å². The molecule has 5 nitrogen and oxygen atoms in total. The summed E-state index contributed by atoms with van der Waals surface area (Å²) in [6.45, 7) is 7.58. The van der Waals surface area contributed by atoms with E-state index in [4.69, 9.17) is 24.0 Å². The van der Waals surface area contributed by atoms with Crippen molar-refractivity contribution in [1.82, 2.24) is 0 Å². The molecule has 5 aliphatic rings. The molecule has 0 unspecified atom stereocenters. The van der Waals surface area contributed by atoms with Gasteiger partial charge in [0.1, 0.15) is 0 Å². The van der Waals surface area contributed by atoms with Crippen molar-refractivity contribution in [2.45, 2.75) is 76.8 Å². The van der Waals surface area contributed by atoms with E-state index in [0.29, 0.717) is 19.4 Å². The van der Waals surface area contributed by atoms with Crippen LogP contribution in [0.25, 0.3) is 0 Å². The SMILES string of the molecule is CCO[C@H]1O[C@@H]2O[C@@]3(C)CC[C@H]4[C@H](C)C(F)(F)C[C@@H]([C@H]1C)[C@]24OO3. The van der Waals surface area contributed by atoms with Crippen molar-refractivity contribution in [3.8, 4) is 0 Å². The highest BCUT2D eigenvalue weighted by molar-refractivity contribution is 5.12. The Morgan fingerprint density at radius 1 is 1.17 bits per heavy atom. The summed E-state index contributed by atoms with van der Waals surface area (Å²) < 4.78 is 47.4. The minimum atomic E-state index is -2.75. The van der Waals surface area contributed by atoms with E-state index in [-0.39, 0.29) is 18.3 Å². The minimum absolute atomic E-state index is 0.239. The second-order valence-electron chi connectivity index (χ2n) is 7.93. The largest absolute Gasteiger partial charge is 0.353 e. The predicted octanol–water partition coefficient (Wildman–Crippen LogP) is 3.48. The van der Waals surface area contributed by atoms with Crippen molar-refractivity contribution >= 4 is 0 Å². The summed E-state index contributed by atoms with van der Waals surface area (Å²) in [5.41, 5.74) is -0.996. The van der Waals surface area contributed by atoms with Gasteiger partial charge in [-0.05, 0) is 20.3 Å². The Morgan fingerprint density at radius 2 is 1.92 bits per heavy atom. The van der Waals surface area contributed by atoms with Crippen molar-refractivity contribution in [2.75, 3.05) is 6.61 Å². The normalized spacial score (nSPS) is 55.8. The molecule has 1 aliphatic carbocycles. The van der Waals surface area contributed by atoms with Crippen molar-refractivity contribution < 1.29 is 32.8 Å². The lowest BCUT2D eigenvalue weighted by atomic mass is 9.57. The third-order valence-corrected chi connectivity index (χ3v) is 6.57. The summed E-state index contributed by atoms with van der Waals surface area (Å²) in [6, 6.07) is 0. The number of halogens is 2. The molecule has 0 N–H and O–H groups in total. The van der Waals surface area contributed by atoms with Crippen LogP contribution in [0.5, 0.6) is 0 Å². The van der Waals surface area contributed by atoms with Crippen molar-refractivity contribution in [3.63, 3.8) is 0 Å². The zero-order valence-corrected chi connectivity index (χ0v) is 14.6. The highest BCUT2D eigenvalue weighted by Crippen LogP contribution is 2.63. The maximum absolute atomic E-state index is 14.8. The monoisotopic (exact) mass is 348 g/mol. The first-order chi connectivity index (χ1) is 11.2. The van der Waals surface area contributed by atoms with E-state index in [0.717, 1.165) is 0 Å². The van der Waals surface area contributed by atoms with Gasteiger partial charge in [-0.1, -0.05) is 13.8 Å². The molecule has 4 saturated heterocycles. The fraction of sp³-hybridized carbons (Fsp3) is 1.00. The summed E-state index contributed by atoms with van der Waals surface area (Å²) >= 11 is 0. The maximum Gasteiger partial charge on any atom is 0.251 e. The van der Waals surface area contributed by atoms with Crippen LogP contribution in [0.15, 0.2) is 0 Å². The van der Waals surface area contributed by atoms with Gasteiger partial charge < -0.3 is 14.2 Å². The first-order valence-corrected chi connectivity index (χ1v) is 8.93. The van der Waals surface area contributed by atoms with Crippen LogP contribution in [-0.2, 0) is 24.0 Å². The third-order valence-electron chi connectivity index (χ3n) is 6.57. The summed E-state index contributed by atoms with van der Waals surface area (Å²) in [7, 11) is 0.